The second-order valence-electron chi connectivity index (χ2n) is 13.1. The summed E-state index contributed by atoms with van der Waals surface area (Å²) in [5.41, 5.74) is -1.54. The molecule has 15 atom stereocenters. The Labute approximate surface area is 298 Å². The number of rotatable bonds is 8. The molecule has 0 radical (unpaired) electrons. The van der Waals surface area contributed by atoms with Gasteiger partial charge in [-0.1, -0.05) is 0 Å². The minimum Gasteiger partial charge on any atom is -0.508 e. The number of benzene rings is 2. The van der Waals surface area contributed by atoms with Gasteiger partial charge in [-0.2, -0.15) is 0 Å². The lowest BCUT2D eigenvalue weighted by Gasteiger charge is -2.46. The van der Waals surface area contributed by atoms with E-state index in [0.717, 1.165) is 24.3 Å². The molecule has 20 heteroatoms. The molecule has 292 valence electrons. The van der Waals surface area contributed by atoms with Crippen molar-refractivity contribution in [3.05, 3.63) is 40.6 Å². The Morgan fingerprint density at radius 3 is 1.91 bits per heavy atom. The molecule has 0 bridgehead atoms. The summed E-state index contributed by atoms with van der Waals surface area (Å²) < 4.78 is 40.1. The number of aliphatic hydroxyl groups is 8. The second kappa shape index (κ2) is 15.1. The fourth-order valence-corrected chi connectivity index (χ4v) is 6.25. The minimum absolute atomic E-state index is 0.0962. The molecule has 1 aromatic heterocycles. The molecule has 3 aliphatic heterocycles. The third kappa shape index (κ3) is 7.34. The first-order chi connectivity index (χ1) is 25.0. The first kappa shape index (κ1) is 38.8. The molecule has 3 aliphatic rings. The van der Waals surface area contributed by atoms with E-state index in [4.69, 9.17) is 32.8 Å². The molecule has 0 unspecified atom stereocenters. The van der Waals surface area contributed by atoms with Gasteiger partial charge in [-0.3, -0.25) is 4.79 Å². The van der Waals surface area contributed by atoms with Crippen LogP contribution in [0.3, 0.4) is 0 Å². The Morgan fingerprint density at radius 2 is 1.26 bits per heavy atom. The van der Waals surface area contributed by atoms with Crippen molar-refractivity contribution >= 4 is 11.0 Å². The number of aromatic hydroxyl groups is 4. The van der Waals surface area contributed by atoms with E-state index in [2.05, 4.69) is 0 Å². The van der Waals surface area contributed by atoms with E-state index in [-0.39, 0.29) is 11.1 Å². The maximum absolute atomic E-state index is 14.0. The van der Waals surface area contributed by atoms with Crippen LogP contribution in [0.15, 0.2) is 39.5 Å². The Kier molecular flexibility index (Phi) is 11.1. The highest BCUT2D eigenvalue weighted by Gasteiger charge is 2.52. The molecule has 6 rings (SSSR count). The van der Waals surface area contributed by atoms with Crippen LogP contribution in [0.25, 0.3) is 22.3 Å². The van der Waals surface area contributed by atoms with Crippen molar-refractivity contribution in [2.45, 2.75) is 106 Å². The van der Waals surface area contributed by atoms with Gasteiger partial charge in [0.1, 0.15) is 77.4 Å². The number of ether oxygens (including phenoxy) is 6. The van der Waals surface area contributed by atoms with Crippen LogP contribution in [0, 0.1) is 0 Å². The number of aliphatic hydroxyl groups excluding tert-OH is 8. The number of phenols is 4. The number of fused-ring (bicyclic) bond motifs is 1. The zero-order valence-electron chi connectivity index (χ0n) is 27.9. The normalized spacial score (nSPS) is 37.8. The molecule has 4 heterocycles. The van der Waals surface area contributed by atoms with Gasteiger partial charge in [0.25, 0.3) is 0 Å². The van der Waals surface area contributed by atoms with E-state index in [1.165, 1.54) is 19.9 Å². The molecule has 3 aromatic rings. The van der Waals surface area contributed by atoms with Crippen LogP contribution < -0.4 is 10.2 Å². The van der Waals surface area contributed by atoms with Crippen molar-refractivity contribution in [1.82, 2.24) is 0 Å². The van der Waals surface area contributed by atoms with Crippen molar-refractivity contribution in [3.63, 3.8) is 0 Å². The first-order valence-corrected chi connectivity index (χ1v) is 16.4. The smallest absolute Gasteiger partial charge is 0.239 e. The van der Waals surface area contributed by atoms with Gasteiger partial charge in [0.05, 0.1) is 18.8 Å². The Bertz CT molecular complexity index is 1830. The van der Waals surface area contributed by atoms with Gasteiger partial charge in [0.2, 0.25) is 17.5 Å². The third-order valence-electron chi connectivity index (χ3n) is 9.37. The lowest BCUT2D eigenvalue weighted by molar-refractivity contribution is -0.360. The van der Waals surface area contributed by atoms with Crippen molar-refractivity contribution in [1.29, 1.82) is 0 Å². The number of hydrogen-bond donors (Lipinski definition) is 12. The van der Waals surface area contributed by atoms with E-state index in [1.54, 1.807) is 0 Å². The monoisotopic (exact) mass is 756 g/mol. The third-order valence-corrected chi connectivity index (χ3v) is 9.37. The summed E-state index contributed by atoms with van der Waals surface area (Å²) in [6.07, 6.45) is -25.1. The highest BCUT2D eigenvalue weighted by molar-refractivity contribution is 5.88. The van der Waals surface area contributed by atoms with Crippen LogP contribution in [-0.4, -0.2) is 160 Å². The van der Waals surface area contributed by atoms with Gasteiger partial charge in [0, 0.05) is 17.7 Å². The topological polar surface area (TPSA) is 328 Å². The number of phenolic OH excluding ortho intramolecular Hbond substituents is 4. The molecule has 53 heavy (non-hydrogen) atoms. The summed E-state index contributed by atoms with van der Waals surface area (Å²) >= 11 is 0. The Hall–Kier alpha value is -3.87. The average molecular weight is 757 g/mol. The zero-order chi connectivity index (χ0) is 38.6. The zero-order valence-corrected chi connectivity index (χ0v) is 27.9. The summed E-state index contributed by atoms with van der Waals surface area (Å²) in [6.45, 7) is 2.05. The average Bonchev–Trinajstić information content (AvgIpc) is 3.11. The van der Waals surface area contributed by atoms with Crippen LogP contribution >= 0.6 is 0 Å². The second-order valence-corrected chi connectivity index (χ2v) is 13.1. The standard InChI is InChI=1S/C33H40O20/c1-9-19(38)23(42)26(45)31(48-9)47-8-17-21(40)25(44)30(53-32-27(46)24(43)20(39)10(2)49-32)33(51-17)52-29-22(41)18-15(37)6-12(34)7-16(18)50-28(29)11-3-4-13(35)14(36)5-11/h3-7,9-10,17,19-21,23-27,30-40,42-46H,8H2,1-2H3/t9-,10+,17+,19-,20+,21+,23+,24-,25-,26+,27-,30+,31+,32+,33-/m1/s1. The van der Waals surface area contributed by atoms with Gasteiger partial charge < -0.3 is 94.1 Å². The summed E-state index contributed by atoms with van der Waals surface area (Å²) in [5, 5.41) is 125. The van der Waals surface area contributed by atoms with Crippen molar-refractivity contribution in [2.75, 3.05) is 6.61 Å². The molecule has 3 fully saturated rings. The molecule has 0 amide bonds. The fourth-order valence-electron chi connectivity index (χ4n) is 6.25. The van der Waals surface area contributed by atoms with Gasteiger partial charge in [-0.05, 0) is 32.0 Å². The Balaban J connectivity index is 1.40. The summed E-state index contributed by atoms with van der Waals surface area (Å²) in [5.74, 6) is -3.68. The van der Waals surface area contributed by atoms with Gasteiger partial charge in [-0.25, -0.2) is 0 Å². The van der Waals surface area contributed by atoms with Crippen LogP contribution in [0.2, 0.25) is 0 Å². The summed E-state index contributed by atoms with van der Waals surface area (Å²) in [7, 11) is 0. The molecule has 0 aliphatic carbocycles. The maximum Gasteiger partial charge on any atom is 0.239 e. The SMILES string of the molecule is C[C@@H]1O[C@@H](O[C@@H]2[C@@H](Oc3c(-c4ccc(O)c(O)c4)oc4cc(O)cc(O)c4c3=O)O[C@@H](CO[C@H]3O[C@H](C)[C@@H](O)[C@H](O)[C@@H]3O)[C@H](O)[C@H]2O)[C@H](O)[C@H](O)[C@H]1O. The molecule has 2 aromatic carbocycles. The van der Waals surface area contributed by atoms with Crippen molar-refractivity contribution in [3.8, 4) is 40.1 Å². The van der Waals surface area contributed by atoms with Crippen LogP contribution in [0.1, 0.15) is 13.8 Å². The predicted octanol–water partition coefficient (Wildman–Crippen LogP) is -2.84. The molecular weight excluding hydrogens is 716 g/mol. The fraction of sp³-hybridized carbons (Fsp3) is 0.545. The van der Waals surface area contributed by atoms with Crippen LogP contribution in [0.4, 0.5) is 0 Å². The Morgan fingerprint density at radius 1 is 0.642 bits per heavy atom. The van der Waals surface area contributed by atoms with E-state index < -0.39 is 144 Å². The molecule has 12 N–H and O–H groups in total. The highest BCUT2D eigenvalue weighted by atomic mass is 16.8. The van der Waals surface area contributed by atoms with Crippen LogP contribution in [0.5, 0.6) is 28.7 Å². The van der Waals surface area contributed by atoms with E-state index in [0.29, 0.717) is 0 Å². The van der Waals surface area contributed by atoms with Gasteiger partial charge in [-0.15, -0.1) is 0 Å². The van der Waals surface area contributed by atoms with E-state index >= 15 is 0 Å². The van der Waals surface area contributed by atoms with E-state index in [9.17, 15) is 66.1 Å². The van der Waals surface area contributed by atoms with Crippen LogP contribution in [-0.2, 0) is 23.7 Å². The molecular formula is C33H40O20. The maximum atomic E-state index is 14.0. The summed E-state index contributed by atoms with van der Waals surface area (Å²) in [6, 6.07) is 5.09. The lowest BCUT2D eigenvalue weighted by Crippen LogP contribution is -2.65. The molecule has 20 nitrogen and oxygen atoms in total. The number of hydrogen-bond acceptors (Lipinski definition) is 20. The minimum atomic E-state index is -2.04. The quantitative estimate of drug-likeness (QED) is 0.103. The van der Waals surface area contributed by atoms with Gasteiger partial charge in [0.15, 0.2) is 35.9 Å². The summed E-state index contributed by atoms with van der Waals surface area (Å²) in [4.78, 5) is 14.0. The molecule has 3 saturated heterocycles. The molecule has 0 saturated carbocycles. The van der Waals surface area contributed by atoms with Gasteiger partial charge >= 0.3 is 0 Å². The van der Waals surface area contributed by atoms with E-state index in [1.807, 2.05) is 0 Å². The molecule has 0 spiro atoms. The lowest BCUT2D eigenvalue weighted by atomic mass is 9.97. The first-order valence-electron chi connectivity index (χ1n) is 16.4. The van der Waals surface area contributed by atoms with Crippen molar-refractivity contribution < 1.29 is 94.1 Å². The van der Waals surface area contributed by atoms with Crippen molar-refractivity contribution in [2.24, 2.45) is 0 Å². The highest BCUT2D eigenvalue weighted by Crippen LogP contribution is 2.40. The predicted molar refractivity (Wildman–Crippen MR) is 171 cm³/mol. The largest absolute Gasteiger partial charge is 0.508 e.